The Morgan fingerprint density at radius 1 is 1.17 bits per heavy atom. The van der Waals surface area contributed by atoms with Crippen LogP contribution in [0.2, 0.25) is 0 Å². The van der Waals surface area contributed by atoms with Crippen LogP contribution in [0.15, 0.2) is 42.5 Å². The molecule has 0 amide bonds. The van der Waals surface area contributed by atoms with Gasteiger partial charge in [0.15, 0.2) is 11.6 Å². The number of aromatic hydroxyl groups is 1. The third-order valence-corrected chi connectivity index (χ3v) is 2.56. The molecule has 0 bridgehead atoms. The molecule has 0 aliphatic heterocycles. The van der Waals surface area contributed by atoms with Gasteiger partial charge in [-0.2, -0.15) is 0 Å². The molecule has 0 radical (unpaired) electrons. The first-order valence-corrected chi connectivity index (χ1v) is 5.29. The summed E-state index contributed by atoms with van der Waals surface area (Å²) < 4.78 is 17.9. The zero-order chi connectivity index (χ0) is 13.1. The molecular weight excluding hydrogens is 235 g/mol. The Hall–Kier alpha value is -2.36. The third-order valence-electron chi connectivity index (χ3n) is 2.56. The molecule has 4 heteroatoms. The van der Waals surface area contributed by atoms with E-state index in [-0.39, 0.29) is 0 Å². The lowest BCUT2D eigenvalue weighted by molar-refractivity contribution is 0.0601. The Labute approximate surface area is 103 Å². The first kappa shape index (κ1) is 12.1. The maximum Gasteiger partial charge on any atom is 0.337 e. The Kier molecular flexibility index (Phi) is 3.28. The van der Waals surface area contributed by atoms with Crippen LogP contribution >= 0.6 is 0 Å². The van der Waals surface area contributed by atoms with E-state index in [9.17, 15) is 9.18 Å². The van der Waals surface area contributed by atoms with E-state index in [0.29, 0.717) is 16.7 Å². The lowest BCUT2D eigenvalue weighted by atomic mass is 10.0. The Morgan fingerprint density at radius 3 is 2.56 bits per heavy atom. The van der Waals surface area contributed by atoms with Crippen LogP contribution in [0.25, 0.3) is 11.1 Å². The summed E-state index contributed by atoms with van der Waals surface area (Å²) in [6, 6.07) is 10.7. The SMILES string of the molecule is COC(=O)c1cccc(-c2ccc(O)c(F)c2)c1. The van der Waals surface area contributed by atoms with Crippen LogP contribution in [0.4, 0.5) is 4.39 Å². The number of ether oxygens (including phenoxy) is 1. The molecule has 92 valence electrons. The van der Waals surface area contributed by atoms with Crippen LogP contribution in [-0.2, 0) is 4.74 Å². The van der Waals surface area contributed by atoms with Crippen LogP contribution < -0.4 is 0 Å². The smallest absolute Gasteiger partial charge is 0.337 e. The van der Waals surface area contributed by atoms with Gasteiger partial charge in [-0.1, -0.05) is 18.2 Å². The van der Waals surface area contributed by atoms with Crippen molar-refractivity contribution in [2.45, 2.75) is 0 Å². The number of benzene rings is 2. The van der Waals surface area contributed by atoms with E-state index >= 15 is 0 Å². The standard InChI is InChI=1S/C14H11FO3/c1-18-14(17)11-4-2-3-9(7-11)10-5-6-13(16)12(15)8-10/h2-8,16H,1H3. The van der Waals surface area contributed by atoms with Crippen molar-refractivity contribution < 1.29 is 19.0 Å². The maximum absolute atomic E-state index is 13.2. The van der Waals surface area contributed by atoms with E-state index in [1.807, 2.05) is 0 Å². The minimum atomic E-state index is -0.698. The van der Waals surface area contributed by atoms with Crippen molar-refractivity contribution in [3.63, 3.8) is 0 Å². The van der Waals surface area contributed by atoms with E-state index in [1.165, 1.54) is 19.2 Å². The minimum Gasteiger partial charge on any atom is -0.505 e. The predicted octanol–water partition coefficient (Wildman–Crippen LogP) is 2.98. The zero-order valence-electron chi connectivity index (χ0n) is 9.68. The average Bonchev–Trinajstić information content (AvgIpc) is 2.41. The van der Waals surface area contributed by atoms with Gasteiger partial charge >= 0.3 is 5.97 Å². The summed E-state index contributed by atoms with van der Waals surface area (Å²) >= 11 is 0. The molecule has 0 spiro atoms. The summed E-state index contributed by atoms with van der Waals surface area (Å²) in [4.78, 5) is 11.4. The second-order valence-electron chi connectivity index (χ2n) is 3.74. The van der Waals surface area contributed by atoms with Gasteiger partial charge in [-0.3, -0.25) is 0 Å². The van der Waals surface area contributed by atoms with E-state index in [2.05, 4.69) is 4.74 Å². The van der Waals surface area contributed by atoms with Crippen molar-refractivity contribution >= 4 is 5.97 Å². The fourth-order valence-corrected chi connectivity index (χ4v) is 1.63. The zero-order valence-corrected chi connectivity index (χ0v) is 9.68. The molecule has 2 aromatic rings. The second-order valence-corrected chi connectivity index (χ2v) is 3.74. The number of halogens is 1. The summed E-state index contributed by atoms with van der Waals surface area (Å²) in [7, 11) is 1.30. The quantitative estimate of drug-likeness (QED) is 0.828. The Balaban J connectivity index is 2.44. The van der Waals surface area contributed by atoms with Crippen LogP contribution in [0, 0.1) is 5.82 Å². The molecule has 0 aliphatic carbocycles. The number of methoxy groups -OCH3 is 1. The number of carbonyl (C=O) groups is 1. The molecule has 3 nitrogen and oxygen atoms in total. The third kappa shape index (κ3) is 2.32. The van der Waals surface area contributed by atoms with Gasteiger partial charge in [-0.05, 0) is 35.4 Å². The predicted molar refractivity (Wildman–Crippen MR) is 64.8 cm³/mol. The molecule has 0 unspecified atom stereocenters. The van der Waals surface area contributed by atoms with Gasteiger partial charge in [-0.15, -0.1) is 0 Å². The van der Waals surface area contributed by atoms with E-state index in [0.717, 1.165) is 0 Å². The van der Waals surface area contributed by atoms with E-state index in [4.69, 9.17) is 5.11 Å². The maximum atomic E-state index is 13.2. The molecule has 1 N–H and O–H groups in total. The highest BCUT2D eigenvalue weighted by atomic mass is 19.1. The Morgan fingerprint density at radius 2 is 1.89 bits per heavy atom. The fourth-order valence-electron chi connectivity index (χ4n) is 1.63. The Bertz CT molecular complexity index is 593. The number of phenols is 1. The fraction of sp³-hybridized carbons (Fsp3) is 0.0714. The van der Waals surface area contributed by atoms with Gasteiger partial charge in [0, 0.05) is 0 Å². The summed E-state index contributed by atoms with van der Waals surface area (Å²) in [6.07, 6.45) is 0. The summed E-state index contributed by atoms with van der Waals surface area (Å²) in [5.41, 5.74) is 1.65. The second kappa shape index (κ2) is 4.87. The van der Waals surface area contributed by atoms with Gasteiger partial charge in [-0.25, -0.2) is 9.18 Å². The number of phenolic OH excluding ortho intramolecular Hbond substituents is 1. The first-order chi connectivity index (χ1) is 8.61. The summed E-state index contributed by atoms with van der Waals surface area (Å²) in [5.74, 6) is -1.55. The van der Waals surface area contributed by atoms with Crippen molar-refractivity contribution in [1.82, 2.24) is 0 Å². The van der Waals surface area contributed by atoms with Gasteiger partial charge in [0.05, 0.1) is 12.7 Å². The van der Waals surface area contributed by atoms with E-state index in [1.54, 1.807) is 30.3 Å². The number of carbonyl (C=O) groups excluding carboxylic acids is 1. The van der Waals surface area contributed by atoms with Gasteiger partial charge in [0.25, 0.3) is 0 Å². The molecule has 2 aromatic carbocycles. The number of rotatable bonds is 2. The molecule has 0 heterocycles. The van der Waals surface area contributed by atoms with Gasteiger partial charge in [0.2, 0.25) is 0 Å². The molecule has 0 atom stereocenters. The molecular formula is C14H11FO3. The number of hydrogen-bond donors (Lipinski definition) is 1. The largest absolute Gasteiger partial charge is 0.505 e. The van der Waals surface area contributed by atoms with Crippen LogP contribution in [0.1, 0.15) is 10.4 Å². The van der Waals surface area contributed by atoms with Crippen molar-refractivity contribution in [1.29, 1.82) is 0 Å². The van der Waals surface area contributed by atoms with E-state index < -0.39 is 17.5 Å². The van der Waals surface area contributed by atoms with Gasteiger partial charge in [0.1, 0.15) is 0 Å². The molecule has 0 aromatic heterocycles. The van der Waals surface area contributed by atoms with Gasteiger partial charge < -0.3 is 9.84 Å². The highest BCUT2D eigenvalue weighted by Gasteiger charge is 2.08. The lowest BCUT2D eigenvalue weighted by Crippen LogP contribution is -2.00. The topological polar surface area (TPSA) is 46.5 Å². The molecule has 0 saturated heterocycles. The molecule has 0 fully saturated rings. The highest BCUT2D eigenvalue weighted by Crippen LogP contribution is 2.25. The van der Waals surface area contributed by atoms with Crippen LogP contribution in [0.5, 0.6) is 5.75 Å². The molecule has 0 aliphatic rings. The summed E-state index contributed by atoms with van der Waals surface area (Å²) in [5, 5.41) is 9.12. The average molecular weight is 246 g/mol. The van der Waals surface area contributed by atoms with Crippen LogP contribution in [-0.4, -0.2) is 18.2 Å². The molecule has 2 rings (SSSR count). The monoisotopic (exact) mass is 246 g/mol. The van der Waals surface area contributed by atoms with Crippen molar-refractivity contribution in [2.75, 3.05) is 7.11 Å². The summed E-state index contributed by atoms with van der Waals surface area (Å²) in [6.45, 7) is 0. The lowest BCUT2D eigenvalue weighted by Gasteiger charge is -2.05. The number of esters is 1. The normalized spacial score (nSPS) is 10.1. The molecule has 0 saturated carbocycles. The van der Waals surface area contributed by atoms with Crippen LogP contribution in [0.3, 0.4) is 0 Å². The number of hydrogen-bond acceptors (Lipinski definition) is 3. The van der Waals surface area contributed by atoms with Crippen molar-refractivity contribution in [2.24, 2.45) is 0 Å². The van der Waals surface area contributed by atoms with Crippen molar-refractivity contribution in [3.8, 4) is 16.9 Å². The highest BCUT2D eigenvalue weighted by molar-refractivity contribution is 5.90. The van der Waals surface area contributed by atoms with Crippen molar-refractivity contribution in [3.05, 3.63) is 53.8 Å². The molecule has 18 heavy (non-hydrogen) atoms. The first-order valence-electron chi connectivity index (χ1n) is 5.29. The minimum absolute atomic E-state index is 0.392.